The fourth-order valence-corrected chi connectivity index (χ4v) is 2.52. The minimum atomic E-state index is -0.407. The summed E-state index contributed by atoms with van der Waals surface area (Å²) < 4.78 is 2.13. The molecule has 0 saturated carbocycles. The molecule has 106 valence electrons. The lowest BCUT2D eigenvalue weighted by Crippen LogP contribution is -2.10. The molecule has 4 heteroatoms. The molecular weight excluding hydrogens is 262 g/mol. The standard InChI is InChI=1S/C17H17N3O/c1-20-11-13(15-4-2-3-5-16(15)20)10-19-14-8-6-12(7-9-14)17(18)21/h2-9,11,19H,10H2,1H3,(H2,18,21). The van der Waals surface area contributed by atoms with Gasteiger partial charge in [-0.15, -0.1) is 0 Å². The third-order valence-corrected chi connectivity index (χ3v) is 3.63. The number of anilines is 1. The molecule has 1 heterocycles. The number of carbonyl (C=O) groups excluding carboxylic acids is 1. The van der Waals surface area contributed by atoms with E-state index in [9.17, 15) is 4.79 Å². The van der Waals surface area contributed by atoms with Gasteiger partial charge in [0, 0.05) is 41.9 Å². The third kappa shape index (κ3) is 2.60. The summed E-state index contributed by atoms with van der Waals surface area (Å²) in [7, 11) is 2.05. The molecule has 4 nitrogen and oxygen atoms in total. The Labute approximate surface area is 123 Å². The summed E-state index contributed by atoms with van der Waals surface area (Å²) in [6, 6.07) is 15.5. The zero-order chi connectivity index (χ0) is 14.8. The summed E-state index contributed by atoms with van der Waals surface area (Å²) in [5.74, 6) is -0.407. The predicted octanol–water partition coefficient (Wildman–Crippen LogP) is 2.89. The molecule has 0 fully saturated rings. The van der Waals surface area contributed by atoms with E-state index in [1.165, 1.54) is 16.5 Å². The molecule has 0 aliphatic rings. The number of rotatable bonds is 4. The molecule has 0 bridgehead atoms. The Balaban J connectivity index is 1.79. The van der Waals surface area contributed by atoms with Gasteiger partial charge in [0.25, 0.3) is 0 Å². The fourth-order valence-electron chi connectivity index (χ4n) is 2.52. The van der Waals surface area contributed by atoms with Gasteiger partial charge in [0.1, 0.15) is 0 Å². The average Bonchev–Trinajstić information content (AvgIpc) is 2.83. The maximum atomic E-state index is 11.0. The van der Waals surface area contributed by atoms with E-state index in [0.717, 1.165) is 12.2 Å². The molecule has 0 radical (unpaired) electrons. The van der Waals surface area contributed by atoms with E-state index in [1.54, 1.807) is 12.1 Å². The molecule has 1 aromatic heterocycles. The Bertz CT molecular complexity index is 787. The molecular formula is C17H17N3O. The van der Waals surface area contributed by atoms with Crippen LogP contribution in [0.4, 0.5) is 5.69 Å². The van der Waals surface area contributed by atoms with Gasteiger partial charge in [-0.2, -0.15) is 0 Å². The van der Waals surface area contributed by atoms with Crippen LogP contribution in [0.15, 0.2) is 54.7 Å². The molecule has 0 atom stereocenters. The van der Waals surface area contributed by atoms with Gasteiger partial charge >= 0.3 is 0 Å². The Morgan fingerprint density at radius 3 is 2.57 bits per heavy atom. The number of benzene rings is 2. The first-order chi connectivity index (χ1) is 10.1. The second-order valence-electron chi connectivity index (χ2n) is 5.08. The molecule has 3 N–H and O–H groups in total. The molecule has 0 unspecified atom stereocenters. The van der Waals surface area contributed by atoms with Gasteiger partial charge in [-0.25, -0.2) is 0 Å². The van der Waals surface area contributed by atoms with Crippen molar-refractivity contribution in [3.05, 3.63) is 65.9 Å². The van der Waals surface area contributed by atoms with Crippen molar-refractivity contribution >= 4 is 22.5 Å². The van der Waals surface area contributed by atoms with Crippen molar-refractivity contribution in [2.24, 2.45) is 12.8 Å². The molecule has 0 spiro atoms. The van der Waals surface area contributed by atoms with E-state index in [2.05, 4.69) is 28.2 Å². The first-order valence-corrected chi connectivity index (χ1v) is 6.82. The Kier molecular flexibility index (Phi) is 3.36. The largest absolute Gasteiger partial charge is 0.381 e. The van der Waals surface area contributed by atoms with Crippen molar-refractivity contribution in [1.82, 2.24) is 4.57 Å². The maximum Gasteiger partial charge on any atom is 0.248 e. The summed E-state index contributed by atoms with van der Waals surface area (Å²) in [6.45, 7) is 0.733. The maximum absolute atomic E-state index is 11.0. The van der Waals surface area contributed by atoms with Crippen LogP contribution < -0.4 is 11.1 Å². The van der Waals surface area contributed by atoms with Crippen LogP contribution >= 0.6 is 0 Å². The zero-order valence-corrected chi connectivity index (χ0v) is 11.8. The number of hydrogen-bond donors (Lipinski definition) is 2. The van der Waals surface area contributed by atoms with E-state index >= 15 is 0 Å². The van der Waals surface area contributed by atoms with Crippen LogP contribution in [0.1, 0.15) is 15.9 Å². The molecule has 2 aromatic carbocycles. The Morgan fingerprint density at radius 1 is 1.14 bits per heavy atom. The minimum absolute atomic E-state index is 0.407. The lowest BCUT2D eigenvalue weighted by molar-refractivity contribution is 0.100. The minimum Gasteiger partial charge on any atom is -0.381 e. The molecule has 1 amide bonds. The van der Waals surface area contributed by atoms with Gasteiger partial charge < -0.3 is 15.6 Å². The lowest BCUT2D eigenvalue weighted by atomic mass is 10.1. The lowest BCUT2D eigenvalue weighted by Gasteiger charge is -2.06. The van der Waals surface area contributed by atoms with Crippen LogP contribution in [0, 0.1) is 0 Å². The van der Waals surface area contributed by atoms with Gasteiger partial charge in [-0.3, -0.25) is 4.79 Å². The summed E-state index contributed by atoms with van der Waals surface area (Å²) in [5, 5.41) is 4.62. The van der Waals surface area contributed by atoms with E-state index in [4.69, 9.17) is 5.73 Å². The van der Waals surface area contributed by atoms with Crippen LogP contribution in [0.3, 0.4) is 0 Å². The summed E-state index contributed by atoms with van der Waals surface area (Å²) in [5.41, 5.74) is 9.18. The van der Waals surface area contributed by atoms with Gasteiger partial charge in [-0.1, -0.05) is 18.2 Å². The van der Waals surface area contributed by atoms with E-state index in [1.807, 2.05) is 31.3 Å². The Hall–Kier alpha value is -2.75. The van der Waals surface area contributed by atoms with Gasteiger partial charge in [-0.05, 0) is 35.9 Å². The molecule has 0 aliphatic heterocycles. The highest BCUT2D eigenvalue weighted by molar-refractivity contribution is 5.93. The van der Waals surface area contributed by atoms with Crippen LogP contribution in [0.5, 0.6) is 0 Å². The second-order valence-corrected chi connectivity index (χ2v) is 5.08. The normalized spacial score (nSPS) is 10.7. The van der Waals surface area contributed by atoms with E-state index in [-0.39, 0.29) is 0 Å². The van der Waals surface area contributed by atoms with Crippen LogP contribution in [0.25, 0.3) is 10.9 Å². The van der Waals surface area contributed by atoms with Crippen molar-refractivity contribution in [3.8, 4) is 0 Å². The van der Waals surface area contributed by atoms with Crippen LogP contribution in [-0.2, 0) is 13.6 Å². The monoisotopic (exact) mass is 279 g/mol. The van der Waals surface area contributed by atoms with Crippen molar-refractivity contribution < 1.29 is 4.79 Å². The van der Waals surface area contributed by atoms with Gasteiger partial charge in [0.15, 0.2) is 0 Å². The SMILES string of the molecule is Cn1cc(CNc2ccc(C(N)=O)cc2)c2ccccc21. The van der Waals surface area contributed by atoms with Crippen molar-refractivity contribution in [1.29, 1.82) is 0 Å². The van der Waals surface area contributed by atoms with Crippen LogP contribution in [0.2, 0.25) is 0 Å². The number of fused-ring (bicyclic) bond motifs is 1. The number of aryl methyl sites for hydroxylation is 1. The number of nitrogens with two attached hydrogens (primary N) is 1. The number of amides is 1. The van der Waals surface area contributed by atoms with Gasteiger partial charge in [0.05, 0.1) is 0 Å². The number of hydrogen-bond acceptors (Lipinski definition) is 2. The van der Waals surface area contributed by atoms with Gasteiger partial charge in [0.2, 0.25) is 5.91 Å². The predicted molar refractivity (Wildman–Crippen MR) is 85.2 cm³/mol. The van der Waals surface area contributed by atoms with Crippen molar-refractivity contribution in [2.45, 2.75) is 6.54 Å². The number of nitrogens with zero attached hydrogens (tertiary/aromatic N) is 1. The first kappa shape index (κ1) is 13.2. The Morgan fingerprint density at radius 2 is 1.86 bits per heavy atom. The topological polar surface area (TPSA) is 60.1 Å². The number of para-hydroxylation sites is 1. The molecule has 21 heavy (non-hydrogen) atoms. The highest BCUT2D eigenvalue weighted by Crippen LogP contribution is 2.21. The summed E-state index contributed by atoms with van der Waals surface area (Å²) in [4.78, 5) is 11.0. The third-order valence-electron chi connectivity index (χ3n) is 3.63. The first-order valence-electron chi connectivity index (χ1n) is 6.82. The van der Waals surface area contributed by atoms with Crippen molar-refractivity contribution in [2.75, 3.05) is 5.32 Å². The zero-order valence-electron chi connectivity index (χ0n) is 11.8. The van der Waals surface area contributed by atoms with E-state index in [0.29, 0.717) is 5.56 Å². The van der Waals surface area contributed by atoms with Crippen molar-refractivity contribution in [3.63, 3.8) is 0 Å². The summed E-state index contributed by atoms with van der Waals surface area (Å²) >= 11 is 0. The molecule has 0 aliphatic carbocycles. The molecule has 3 rings (SSSR count). The highest BCUT2D eigenvalue weighted by Gasteiger charge is 2.05. The van der Waals surface area contributed by atoms with Crippen LogP contribution in [-0.4, -0.2) is 10.5 Å². The number of aromatic nitrogens is 1. The quantitative estimate of drug-likeness (QED) is 0.771. The average molecular weight is 279 g/mol. The molecule has 3 aromatic rings. The number of nitrogens with one attached hydrogen (secondary N) is 1. The van der Waals surface area contributed by atoms with E-state index < -0.39 is 5.91 Å². The number of carbonyl (C=O) groups is 1. The smallest absolute Gasteiger partial charge is 0.248 e. The highest BCUT2D eigenvalue weighted by atomic mass is 16.1. The molecule has 0 saturated heterocycles. The summed E-state index contributed by atoms with van der Waals surface area (Å²) in [6.07, 6.45) is 2.13. The number of primary amides is 1. The fraction of sp³-hybridized carbons (Fsp3) is 0.118. The second kappa shape index (κ2) is 5.32.